The molecule has 2 aromatic rings. The van der Waals surface area contributed by atoms with E-state index < -0.39 is 0 Å². The van der Waals surface area contributed by atoms with Gasteiger partial charge in [-0.2, -0.15) is 0 Å². The molecule has 3 rings (SSSR count). The van der Waals surface area contributed by atoms with E-state index in [-0.39, 0.29) is 5.43 Å². The highest BCUT2D eigenvalue weighted by atomic mass is 35.5. The zero-order valence-electron chi connectivity index (χ0n) is 17.6. The molecule has 0 saturated heterocycles. The van der Waals surface area contributed by atoms with Crippen molar-refractivity contribution < 1.29 is 14.2 Å². The van der Waals surface area contributed by atoms with E-state index in [0.717, 1.165) is 17.7 Å². The maximum absolute atomic E-state index is 11.7. The van der Waals surface area contributed by atoms with Crippen molar-refractivity contribution in [1.29, 1.82) is 0 Å². The maximum atomic E-state index is 11.7. The Morgan fingerprint density at radius 2 is 1.89 bits per heavy atom. The number of aromatic nitrogens is 1. The van der Waals surface area contributed by atoms with Crippen LogP contribution in [0.4, 0.5) is 0 Å². The van der Waals surface area contributed by atoms with Gasteiger partial charge in [0.15, 0.2) is 5.43 Å². The van der Waals surface area contributed by atoms with Gasteiger partial charge >= 0.3 is 0 Å². The molecule has 0 aliphatic carbocycles. The summed E-state index contributed by atoms with van der Waals surface area (Å²) in [5.74, 6) is 1.25. The molecule has 0 bridgehead atoms. The Morgan fingerprint density at radius 1 is 1.18 bits per heavy atom. The van der Waals surface area contributed by atoms with Crippen molar-refractivity contribution in [3.8, 4) is 22.8 Å². The lowest BCUT2D eigenvalue weighted by Gasteiger charge is -2.13. The van der Waals surface area contributed by atoms with Crippen molar-refractivity contribution in [2.45, 2.75) is 47.1 Å². The Morgan fingerprint density at radius 3 is 2.57 bits per heavy atom. The molecule has 1 aromatic carbocycles. The summed E-state index contributed by atoms with van der Waals surface area (Å²) < 4.78 is 18.5. The van der Waals surface area contributed by atoms with Gasteiger partial charge < -0.3 is 18.8 Å². The number of benzene rings is 1. The van der Waals surface area contributed by atoms with E-state index in [1.165, 1.54) is 6.42 Å². The molecule has 0 radical (unpaired) electrons. The minimum atomic E-state index is -0.0416. The zero-order valence-corrected chi connectivity index (χ0v) is 18.3. The normalized spacial score (nSPS) is 11.4. The van der Waals surface area contributed by atoms with Crippen LogP contribution >= 0.6 is 11.6 Å². The van der Waals surface area contributed by atoms with E-state index in [2.05, 4.69) is 13.8 Å². The van der Waals surface area contributed by atoms with Gasteiger partial charge in [-0.1, -0.05) is 45.7 Å². The van der Waals surface area contributed by atoms with Crippen LogP contribution in [0.2, 0.25) is 5.02 Å². The molecule has 5 nitrogen and oxygen atoms in total. The Bertz CT molecular complexity index is 774. The number of nitrogens with zero attached hydrogens (tertiary/aromatic N) is 1. The predicted octanol–water partition coefficient (Wildman–Crippen LogP) is 5.42. The lowest BCUT2D eigenvalue weighted by Crippen LogP contribution is -2.09. The van der Waals surface area contributed by atoms with E-state index in [1.54, 1.807) is 37.6 Å². The molecule has 156 valence electrons. The molecule has 0 atom stereocenters. The fourth-order valence-corrected chi connectivity index (χ4v) is 2.76. The Kier molecular flexibility index (Phi) is 11.4. The highest BCUT2D eigenvalue weighted by Gasteiger charge is 2.18. The summed E-state index contributed by atoms with van der Waals surface area (Å²) in [6.07, 6.45) is 3.81. The number of pyridine rings is 1. The van der Waals surface area contributed by atoms with Crippen molar-refractivity contribution in [3.63, 3.8) is 0 Å². The van der Waals surface area contributed by atoms with Crippen LogP contribution in [-0.2, 0) is 11.3 Å². The summed E-state index contributed by atoms with van der Waals surface area (Å²) in [6.45, 7) is 10.6. The standard InChI is InChI=1S/C17H18ClNO4.C3H8.C2H6/c1-21-6-2-7-22-17-11-16-13(10-14(17)18)15-9-12(20)3-4-19(15)5-8-23-16;1-3-2;1-2/h3-4,9-11H,2,5-8H2,1H3;3H2,1-2H3;1-2H3. The average Bonchev–Trinajstić information content (AvgIpc) is 2.86. The predicted molar refractivity (Wildman–Crippen MR) is 116 cm³/mol. The van der Waals surface area contributed by atoms with Gasteiger partial charge in [-0.05, 0) is 6.07 Å². The summed E-state index contributed by atoms with van der Waals surface area (Å²) in [6, 6.07) is 6.73. The van der Waals surface area contributed by atoms with E-state index in [9.17, 15) is 4.79 Å². The first-order valence-electron chi connectivity index (χ1n) is 9.89. The first-order valence-corrected chi connectivity index (χ1v) is 10.3. The van der Waals surface area contributed by atoms with Gasteiger partial charge in [0.1, 0.15) is 18.1 Å². The summed E-state index contributed by atoms with van der Waals surface area (Å²) in [5.41, 5.74) is 1.56. The van der Waals surface area contributed by atoms with Crippen molar-refractivity contribution in [1.82, 2.24) is 4.57 Å². The minimum absolute atomic E-state index is 0.0416. The zero-order chi connectivity index (χ0) is 20.9. The van der Waals surface area contributed by atoms with Crippen LogP contribution < -0.4 is 14.9 Å². The largest absolute Gasteiger partial charge is 0.492 e. The first-order chi connectivity index (χ1) is 13.6. The summed E-state index contributed by atoms with van der Waals surface area (Å²) in [4.78, 5) is 11.7. The third kappa shape index (κ3) is 6.88. The maximum Gasteiger partial charge on any atom is 0.182 e. The molecule has 1 aromatic heterocycles. The molecule has 0 amide bonds. The van der Waals surface area contributed by atoms with Crippen LogP contribution in [-0.4, -0.2) is 31.5 Å². The molecule has 0 N–H and O–H groups in total. The number of methoxy groups -OCH3 is 1. The van der Waals surface area contributed by atoms with Crippen molar-refractivity contribution >= 4 is 11.6 Å². The molecule has 0 spiro atoms. The van der Waals surface area contributed by atoms with Crippen molar-refractivity contribution in [2.24, 2.45) is 0 Å². The molecule has 1 aliphatic heterocycles. The molecule has 6 heteroatoms. The fraction of sp³-hybridized carbons (Fsp3) is 0.500. The third-order valence-electron chi connectivity index (χ3n) is 3.66. The second-order valence-electron chi connectivity index (χ2n) is 5.97. The second kappa shape index (κ2) is 13.2. The number of fused-ring (bicyclic) bond motifs is 3. The van der Waals surface area contributed by atoms with Crippen molar-refractivity contribution in [3.05, 3.63) is 45.7 Å². The Hall–Kier alpha value is -1.98. The van der Waals surface area contributed by atoms with Gasteiger partial charge in [0.05, 0.1) is 23.9 Å². The van der Waals surface area contributed by atoms with Gasteiger partial charge in [0, 0.05) is 50.1 Å². The summed E-state index contributed by atoms with van der Waals surface area (Å²) in [5, 5.41) is 0.495. The van der Waals surface area contributed by atoms with Gasteiger partial charge in [-0.3, -0.25) is 4.79 Å². The van der Waals surface area contributed by atoms with E-state index >= 15 is 0 Å². The van der Waals surface area contributed by atoms with Crippen LogP contribution in [0.15, 0.2) is 35.3 Å². The van der Waals surface area contributed by atoms with Gasteiger partial charge in [-0.25, -0.2) is 0 Å². The van der Waals surface area contributed by atoms with E-state index in [4.69, 9.17) is 25.8 Å². The Labute approximate surface area is 173 Å². The monoisotopic (exact) mass is 409 g/mol. The fourth-order valence-electron chi connectivity index (χ4n) is 2.54. The van der Waals surface area contributed by atoms with Crippen LogP contribution in [0, 0.1) is 0 Å². The molecule has 1 aliphatic rings. The topological polar surface area (TPSA) is 49.7 Å². The summed E-state index contributed by atoms with van der Waals surface area (Å²) in [7, 11) is 1.66. The number of hydrogen-bond donors (Lipinski definition) is 0. The smallest absolute Gasteiger partial charge is 0.182 e. The van der Waals surface area contributed by atoms with Gasteiger partial charge in [-0.15, -0.1) is 0 Å². The minimum Gasteiger partial charge on any atom is -0.492 e. The van der Waals surface area contributed by atoms with E-state index in [1.807, 2.05) is 18.4 Å². The summed E-state index contributed by atoms with van der Waals surface area (Å²) >= 11 is 6.33. The molecule has 2 heterocycles. The lowest BCUT2D eigenvalue weighted by atomic mass is 10.1. The molecular formula is C22H32ClNO4. The van der Waals surface area contributed by atoms with Crippen LogP contribution in [0.5, 0.6) is 11.5 Å². The lowest BCUT2D eigenvalue weighted by molar-refractivity contribution is 0.172. The third-order valence-corrected chi connectivity index (χ3v) is 3.95. The second-order valence-corrected chi connectivity index (χ2v) is 6.38. The molecule has 0 saturated carbocycles. The highest BCUT2D eigenvalue weighted by molar-refractivity contribution is 6.32. The van der Waals surface area contributed by atoms with Gasteiger partial charge in [0.25, 0.3) is 0 Å². The van der Waals surface area contributed by atoms with Crippen LogP contribution in [0.3, 0.4) is 0 Å². The number of ether oxygens (including phenoxy) is 3. The number of halogens is 1. The average molecular weight is 410 g/mol. The quantitative estimate of drug-likeness (QED) is 0.618. The van der Waals surface area contributed by atoms with Crippen LogP contribution in [0.25, 0.3) is 11.3 Å². The number of rotatable bonds is 5. The SMILES string of the molecule is CC.CCC.COCCCOc1cc2c(cc1Cl)-c1cc(=O)ccn1CCO2. The first kappa shape index (κ1) is 24.1. The Balaban J connectivity index is 0.000000717. The molecule has 0 fully saturated rings. The van der Waals surface area contributed by atoms with Crippen LogP contribution in [0.1, 0.15) is 40.5 Å². The van der Waals surface area contributed by atoms with E-state index in [0.29, 0.717) is 42.9 Å². The molecular weight excluding hydrogens is 378 g/mol. The molecule has 28 heavy (non-hydrogen) atoms. The molecule has 0 unspecified atom stereocenters. The highest BCUT2D eigenvalue weighted by Crippen LogP contribution is 2.39. The van der Waals surface area contributed by atoms with Gasteiger partial charge in [0.2, 0.25) is 0 Å². The number of hydrogen-bond acceptors (Lipinski definition) is 4. The van der Waals surface area contributed by atoms with Crippen molar-refractivity contribution in [2.75, 3.05) is 26.9 Å².